The van der Waals surface area contributed by atoms with Crippen LogP contribution in [0.2, 0.25) is 0 Å². The minimum Gasteiger partial charge on any atom is -0.381 e. The van der Waals surface area contributed by atoms with Gasteiger partial charge in [0.15, 0.2) is 0 Å². The highest BCUT2D eigenvalue weighted by atomic mass is 19.1. The fourth-order valence-electron chi connectivity index (χ4n) is 4.62. The molecule has 1 aromatic rings. The number of carbonyl (C=O) groups is 1. The van der Waals surface area contributed by atoms with E-state index in [1.807, 2.05) is 11.0 Å². The Bertz CT molecular complexity index is 635. The van der Waals surface area contributed by atoms with Crippen molar-refractivity contribution in [3.63, 3.8) is 0 Å². The fraction of sp³-hybridized carbons (Fsp3) is 0.550. The van der Waals surface area contributed by atoms with Gasteiger partial charge in [-0.15, -0.1) is 0 Å². The van der Waals surface area contributed by atoms with Gasteiger partial charge in [-0.3, -0.25) is 4.79 Å². The van der Waals surface area contributed by atoms with Crippen molar-refractivity contribution in [2.24, 2.45) is 11.8 Å². The van der Waals surface area contributed by atoms with Crippen LogP contribution in [-0.2, 0) is 14.9 Å². The maximum atomic E-state index is 13.8. The van der Waals surface area contributed by atoms with Gasteiger partial charge < -0.3 is 9.64 Å². The Balaban J connectivity index is 1.63. The van der Waals surface area contributed by atoms with E-state index in [1.165, 1.54) is 12.1 Å². The van der Waals surface area contributed by atoms with Gasteiger partial charge in [-0.1, -0.05) is 24.3 Å². The summed E-state index contributed by atoms with van der Waals surface area (Å²) in [6.45, 7) is 2.80. The highest BCUT2D eigenvalue weighted by Crippen LogP contribution is 2.40. The Morgan fingerprint density at radius 3 is 2.42 bits per heavy atom. The molecule has 0 saturated carbocycles. The Morgan fingerprint density at radius 1 is 1.12 bits per heavy atom. The van der Waals surface area contributed by atoms with Crippen molar-refractivity contribution in [2.45, 2.75) is 31.1 Å². The molecular weight excluding hydrogens is 305 g/mol. The molecular formula is C20H24FNO2. The van der Waals surface area contributed by atoms with Crippen LogP contribution in [0.3, 0.4) is 0 Å². The molecule has 4 rings (SSSR count). The summed E-state index contributed by atoms with van der Waals surface area (Å²) in [5, 5.41) is 0. The molecule has 2 heterocycles. The molecule has 24 heavy (non-hydrogen) atoms. The molecule has 0 spiro atoms. The monoisotopic (exact) mass is 329 g/mol. The highest BCUT2D eigenvalue weighted by Gasteiger charge is 2.47. The minimum atomic E-state index is -0.624. The summed E-state index contributed by atoms with van der Waals surface area (Å²) in [5.41, 5.74) is 0.185. The summed E-state index contributed by atoms with van der Waals surface area (Å²) in [6, 6.07) is 6.59. The van der Waals surface area contributed by atoms with Crippen molar-refractivity contribution in [1.82, 2.24) is 4.90 Å². The molecule has 0 N–H and O–H groups in total. The van der Waals surface area contributed by atoms with Gasteiger partial charge in [0.25, 0.3) is 0 Å². The number of allylic oxidation sites excluding steroid dienone is 2. The smallest absolute Gasteiger partial charge is 0.233 e. The third-order valence-corrected chi connectivity index (χ3v) is 6.04. The average molecular weight is 329 g/mol. The Labute approximate surface area is 142 Å². The van der Waals surface area contributed by atoms with Crippen LogP contribution < -0.4 is 0 Å². The van der Waals surface area contributed by atoms with Crippen LogP contribution in [0.4, 0.5) is 4.39 Å². The first-order chi connectivity index (χ1) is 11.7. The molecule has 2 atom stereocenters. The highest BCUT2D eigenvalue weighted by molar-refractivity contribution is 5.88. The largest absolute Gasteiger partial charge is 0.381 e. The zero-order chi connectivity index (χ0) is 16.6. The molecule has 3 nitrogen and oxygen atoms in total. The Kier molecular flexibility index (Phi) is 4.17. The molecule has 0 aromatic heterocycles. The lowest BCUT2D eigenvalue weighted by molar-refractivity contribution is -0.140. The van der Waals surface area contributed by atoms with Crippen molar-refractivity contribution >= 4 is 5.91 Å². The second-order valence-corrected chi connectivity index (χ2v) is 7.38. The van der Waals surface area contributed by atoms with E-state index < -0.39 is 5.41 Å². The van der Waals surface area contributed by atoms with Gasteiger partial charge in [0.1, 0.15) is 5.82 Å². The van der Waals surface area contributed by atoms with Crippen molar-refractivity contribution in [3.05, 3.63) is 47.8 Å². The van der Waals surface area contributed by atoms with Crippen LogP contribution in [0.1, 0.15) is 31.2 Å². The maximum absolute atomic E-state index is 13.8. The van der Waals surface area contributed by atoms with E-state index in [9.17, 15) is 9.18 Å². The van der Waals surface area contributed by atoms with Crippen LogP contribution in [0.5, 0.6) is 0 Å². The van der Waals surface area contributed by atoms with E-state index >= 15 is 0 Å². The number of carbonyl (C=O) groups excluding carboxylic acids is 1. The fourth-order valence-corrected chi connectivity index (χ4v) is 4.62. The standard InChI is InChI=1S/C20H24FNO2/c21-18-7-3-6-17(12-18)20(8-10-24-11-9-20)19(23)22-13-15-4-1-2-5-16(15)14-22/h1-3,6-7,12,15-16H,4-5,8-11,13-14H2. The lowest BCUT2D eigenvalue weighted by Gasteiger charge is -2.39. The van der Waals surface area contributed by atoms with E-state index in [1.54, 1.807) is 6.07 Å². The number of hydrogen-bond donors (Lipinski definition) is 0. The number of halogens is 1. The maximum Gasteiger partial charge on any atom is 0.233 e. The van der Waals surface area contributed by atoms with Crippen LogP contribution in [0.25, 0.3) is 0 Å². The van der Waals surface area contributed by atoms with Crippen molar-refractivity contribution in [3.8, 4) is 0 Å². The molecule has 1 aliphatic carbocycles. The molecule has 128 valence electrons. The third-order valence-electron chi connectivity index (χ3n) is 6.04. The van der Waals surface area contributed by atoms with Crippen LogP contribution in [0, 0.1) is 17.7 Å². The Morgan fingerprint density at radius 2 is 1.79 bits per heavy atom. The zero-order valence-electron chi connectivity index (χ0n) is 13.9. The number of amides is 1. The SMILES string of the molecule is O=C(N1CC2CC=CCC2C1)C1(c2cccc(F)c2)CCOCC1. The average Bonchev–Trinajstić information content (AvgIpc) is 3.06. The Hall–Kier alpha value is -1.68. The van der Waals surface area contributed by atoms with E-state index in [2.05, 4.69) is 12.2 Å². The van der Waals surface area contributed by atoms with Crippen LogP contribution in [0.15, 0.2) is 36.4 Å². The summed E-state index contributed by atoms with van der Waals surface area (Å²) < 4.78 is 19.3. The summed E-state index contributed by atoms with van der Waals surface area (Å²) >= 11 is 0. The zero-order valence-corrected chi connectivity index (χ0v) is 13.9. The van der Waals surface area contributed by atoms with Gasteiger partial charge in [-0.05, 0) is 55.2 Å². The number of ether oxygens (including phenoxy) is 1. The first kappa shape index (κ1) is 15.8. The van der Waals surface area contributed by atoms with E-state index in [0.717, 1.165) is 31.5 Å². The molecule has 2 saturated heterocycles. The normalized spacial score (nSPS) is 28.6. The van der Waals surface area contributed by atoms with Gasteiger partial charge in [0.05, 0.1) is 5.41 Å². The number of hydrogen-bond acceptors (Lipinski definition) is 2. The van der Waals surface area contributed by atoms with Gasteiger partial charge in [-0.2, -0.15) is 0 Å². The van der Waals surface area contributed by atoms with E-state index in [-0.39, 0.29) is 11.7 Å². The van der Waals surface area contributed by atoms with E-state index in [4.69, 9.17) is 4.74 Å². The van der Waals surface area contributed by atoms with Crippen LogP contribution >= 0.6 is 0 Å². The number of fused-ring (bicyclic) bond motifs is 1. The molecule has 2 fully saturated rings. The summed E-state index contributed by atoms with van der Waals surface area (Å²) in [7, 11) is 0. The number of nitrogens with zero attached hydrogens (tertiary/aromatic N) is 1. The molecule has 4 heteroatoms. The number of likely N-dealkylation sites (tertiary alicyclic amines) is 1. The summed E-state index contributed by atoms with van der Waals surface area (Å²) in [5.74, 6) is 1.07. The lowest BCUT2D eigenvalue weighted by Crippen LogP contribution is -2.49. The molecule has 1 aromatic carbocycles. The second-order valence-electron chi connectivity index (χ2n) is 7.38. The first-order valence-electron chi connectivity index (χ1n) is 8.97. The third kappa shape index (κ3) is 2.67. The quantitative estimate of drug-likeness (QED) is 0.779. The first-order valence-corrected chi connectivity index (χ1v) is 8.97. The summed E-state index contributed by atoms with van der Waals surface area (Å²) in [4.78, 5) is 15.5. The molecule has 1 amide bonds. The molecule has 2 unspecified atom stereocenters. The van der Waals surface area contributed by atoms with E-state index in [0.29, 0.717) is 37.9 Å². The predicted molar refractivity (Wildman–Crippen MR) is 90.1 cm³/mol. The molecule has 3 aliphatic rings. The second kappa shape index (κ2) is 6.32. The van der Waals surface area contributed by atoms with Crippen LogP contribution in [-0.4, -0.2) is 37.1 Å². The molecule has 0 radical (unpaired) electrons. The number of rotatable bonds is 2. The van der Waals surface area contributed by atoms with Gasteiger partial charge in [0, 0.05) is 26.3 Å². The predicted octanol–water partition coefficient (Wildman–Crippen LogP) is 3.30. The molecule has 2 aliphatic heterocycles. The topological polar surface area (TPSA) is 29.5 Å². The number of benzene rings is 1. The summed E-state index contributed by atoms with van der Waals surface area (Å²) in [6.07, 6.45) is 7.91. The molecule has 0 bridgehead atoms. The van der Waals surface area contributed by atoms with Gasteiger partial charge in [-0.25, -0.2) is 4.39 Å². The van der Waals surface area contributed by atoms with Crippen molar-refractivity contribution in [2.75, 3.05) is 26.3 Å². The van der Waals surface area contributed by atoms with Crippen molar-refractivity contribution < 1.29 is 13.9 Å². The lowest BCUT2D eigenvalue weighted by atomic mass is 9.73. The van der Waals surface area contributed by atoms with Gasteiger partial charge >= 0.3 is 0 Å². The van der Waals surface area contributed by atoms with Crippen molar-refractivity contribution in [1.29, 1.82) is 0 Å². The minimum absolute atomic E-state index is 0.172. The van der Waals surface area contributed by atoms with Gasteiger partial charge in [0.2, 0.25) is 5.91 Å².